The predicted octanol–water partition coefficient (Wildman–Crippen LogP) is 5.58. The molecule has 1 aromatic heterocycles. The molecule has 0 atom stereocenters. The Morgan fingerprint density at radius 3 is 2.37 bits per heavy atom. The van der Waals surface area contributed by atoms with Crippen LogP contribution in [0.2, 0.25) is 5.02 Å². The number of halogens is 1. The van der Waals surface area contributed by atoms with Crippen molar-refractivity contribution in [1.82, 2.24) is 0 Å². The topological polar surface area (TPSA) is 57.1 Å². The Morgan fingerprint density at radius 2 is 1.77 bits per heavy atom. The summed E-state index contributed by atoms with van der Waals surface area (Å²) in [6.07, 6.45) is 0.172. The molecular formula is C23H22ClNO4S. The summed E-state index contributed by atoms with van der Waals surface area (Å²) in [7, 11) is 3.13. The van der Waals surface area contributed by atoms with Gasteiger partial charge in [0.15, 0.2) is 0 Å². The van der Waals surface area contributed by atoms with E-state index < -0.39 is 0 Å². The molecule has 30 heavy (non-hydrogen) atoms. The van der Waals surface area contributed by atoms with Crippen molar-refractivity contribution in [2.24, 2.45) is 5.16 Å². The molecule has 0 amide bonds. The first-order valence-corrected chi connectivity index (χ1v) is 10.5. The molecule has 3 aromatic rings. The Bertz CT molecular complexity index is 1030. The maximum Gasteiger partial charge on any atom is 0.310 e. The fourth-order valence-electron chi connectivity index (χ4n) is 2.97. The third-order valence-corrected chi connectivity index (χ3v) is 5.82. The number of oxime groups is 1. The van der Waals surface area contributed by atoms with Crippen LogP contribution in [0.5, 0.6) is 5.75 Å². The zero-order valence-corrected chi connectivity index (χ0v) is 18.5. The minimum atomic E-state index is -0.272. The average Bonchev–Trinajstić information content (AvgIpc) is 3.16. The van der Waals surface area contributed by atoms with E-state index in [1.807, 2.05) is 54.6 Å². The normalized spacial score (nSPS) is 11.3. The van der Waals surface area contributed by atoms with Crippen molar-refractivity contribution < 1.29 is 19.1 Å². The van der Waals surface area contributed by atoms with Gasteiger partial charge in [-0.05, 0) is 60.5 Å². The van der Waals surface area contributed by atoms with Crippen molar-refractivity contribution in [3.05, 3.63) is 75.6 Å². The van der Waals surface area contributed by atoms with Gasteiger partial charge in [-0.2, -0.15) is 0 Å². The largest absolute Gasteiger partial charge is 0.497 e. The number of nitrogens with zero attached hydrogens (tertiary/aromatic N) is 1. The Hall–Kier alpha value is -2.83. The summed E-state index contributed by atoms with van der Waals surface area (Å²) in [5, 5.41) is 4.90. The van der Waals surface area contributed by atoms with Gasteiger partial charge in [0.1, 0.15) is 18.6 Å². The molecule has 2 aromatic carbocycles. The number of hydrogen-bond acceptors (Lipinski definition) is 6. The van der Waals surface area contributed by atoms with Crippen LogP contribution in [0, 0.1) is 0 Å². The van der Waals surface area contributed by atoms with Crippen molar-refractivity contribution in [2.45, 2.75) is 13.3 Å². The molecule has 156 valence electrons. The zero-order valence-electron chi connectivity index (χ0n) is 17.0. The van der Waals surface area contributed by atoms with Crippen LogP contribution in [-0.2, 0) is 20.8 Å². The fraction of sp³-hybridized carbons (Fsp3) is 0.217. The lowest BCUT2D eigenvalue weighted by atomic mass is 10.0. The van der Waals surface area contributed by atoms with Crippen LogP contribution in [0.1, 0.15) is 22.9 Å². The molecule has 0 radical (unpaired) electrons. The van der Waals surface area contributed by atoms with E-state index in [0.29, 0.717) is 17.3 Å². The highest BCUT2D eigenvalue weighted by Gasteiger charge is 2.19. The quantitative estimate of drug-likeness (QED) is 0.259. The minimum Gasteiger partial charge on any atom is -0.497 e. The van der Waals surface area contributed by atoms with E-state index in [9.17, 15) is 4.79 Å². The second kappa shape index (κ2) is 10.3. The van der Waals surface area contributed by atoms with Crippen LogP contribution in [-0.4, -0.2) is 32.5 Å². The number of rotatable bonds is 8. The van der Waals surface area contributed by atoms with Gasteiger partial charge in [-0.3, -0.25) is 4.79 Å². The van der Waals surface area contributed by atoms with Gasteiger partial charge in [0.2, 0.25) is 0 Å². The molecule has 0 aliphatic carbocycles. The maximum atomic E-state index is 12.2. The molecule has 0 bridgehead atoms. The van der Waals surface area contributed by atoms with Gasteiger partial charge in [-0.15, -0.1) is 11.3 Å². The van der Waals surface area contributed by atoms with Gasteiger partial charge in [0.05, 0.1) is 25.0 Å². The highest BCUT2D eigenvalue weighted by molar-refractivity contribution is 7.17. The van der Waals surface area contributed by atoms with Crippen LogP contribution in [0.15, 0.2) is 59.8 Å². The van der Waals surface area contributed by atoms with Crippen molar-refractivity contribution in [3.8, 4) is 16.2 Å². The lowest BCUT2D eigenvalue weighted by Crippen LogP contribution is -2.07. The van der Waals surface area contributed by atoms with Crippen molar-refractivity contribution in [2.75, 3.05) is 20.8 Å². The molecule has 0 N–H and O–H groups in total. The number of esters is 1. The monoisotopic (exact) mass is 443 g/mol. The number of ether oxygens (including phenoxy) is 2. The van der Waals surface area contributed by atoms with E-state index in [4.69, 9.17) is 25.9 Å². The molecule has 0 fully saturated rings. The number of hydrogen-bond donors (Lipinski definition) is 0. The highest BCUT2D eigenvalue weighted by Crippen LogP contribution is 2.35. The van der Waals surface area contributed by atoms with Crippen molar-refractivity contribution in [3.63, 3.8) is 0 Å². The van der Waals surface area contributed by atoms with Gasteiger partial charge in [0, 0.05) is 15.5 Å². The molecule has 0 saturated heterocycles. The first kappa shape index (κ1) is 21.9. The Balaban J connectivity index is 2.06. The van der Waals surface area contributed by atoms with E-state index >= 15 is 0 Å². The summed E-state index contributed by atoms with van der Waals surface area (Å²) < 4.78 is 10.4. The van der Waals surface area contributed by atoms with E-state index in [0.717, 1.165) is 32.2 Å². The van der Waals surface area contributed by atoms with E-state index in [-0.39, 0.29) is 12.4 Å². The molecule has 1 heterocycles. The molecule has 0 aliphatic rings. The average molecular weight is 444 g/mol. The second-order valence-corrected chi connectivity index (χ2v) is 7.79. The van der Waals surface area contributed by atoms with E-state index in [1.54, 1.807) is 14.0 Å². The van der Waals surface area contributed by atoms with Crippen LogP contribution < -0.4 is 4.74 Å². The first-order valence-electron chi connectivity index (χ1n) is 9.36. The third-order valence-electron chi connectivity index (χ3n) is 4.33. The van der Waals surface area contributed by atoms with Crippen molar-refractivity contribution in [1.29, 1.82) is 0 Å². The highest BCUT2D eigenvalue weighted by atomic mass is 35.5. The molecule has 7 heteroatoms. The number of thiophene rings is 1. The Labute approximate surface area is 184 Å². The summed E-state index contributed by atoms with van der Waals surface area (Å²) in [5.41, 5.74) is 3.40. The smallest absolute Gasteiger partial charge is 0.310 e. The SMILES string of the molecule is CCOC(=O)Cc1cc(/C(=N\OC)c2ccc(OC)cc2)sc1-c1ccc(Cl)cc1. The van der Waals surface area contributed by atoms with Crippen LogP contribution in [0.4, 0.5) is 0 Å². The fourth-order valence-corrected chi connectivity index (χ4v) is 4.28. The molecular weight excluding hydrogens is 422 g/mol. The van der Waals surface area contributed by atoms with Gasteiger partial charge >= 0.3 is 5.97 Å². The number of carbonyl (C=O) groups is 1. The Morgan fingerprint density at radius 1 is 1.07 bits per heavy atom. The van der Waals surface area contributed by atoms with Crippen LogP contribution >= 0.6 is 22.9 Å². The lowest BCUT2D eigenvalue weighted by Gasteiger charge is -2.05. The first-order chi connectivity index (χ1) is 14.5. The predicted molar refractivity (Wildman–Crippen MR) is 121 cm³/mol. The summed E-state index contributed by atoms with van der Waals surface area (Å²) in [6, 6.07) is 17.1. The standard InChI is InChI=1S/C23H22ClNO4S/c1-4-29-21(26)14-17-13-20(30-23(17)16-5-9-18(24)10-6-16)22(25-28-3)15-7-11-19(27-2)12-8-15/h5-13H,4,14H2,1-3H3/b25-22-. The van der Waals surface area contributed by atoms with Gasteiger partial charge in [0.25, 0.3) is 0 Å². The summed E-state index contributed by atoms with van der Waals surface area (Å²) in [5.74, 6) is 0.485. The van der Waals surface area contributed by atoms with Crippen molar-refractivity contribution >= 4 is 34.6 Å². The third kappa shape index (κ3) is 5.20. The molecule has 3 rings (SSSR count). The molecule has 0 unspecified atom stereocenters. The van der Waals surface area contributed by atoms with Crippen LogP contribution in [0.25, 0.3) is 10.4 Å². The zero-order chi connectivity index (χ0) is 21.5. The van der Waals surface area contributed by atoms with E-state index in [1.165, 1.54) is 18.4 Å². The van der Waals surface area contributed by atoms with Gasteiger partial charge < -0.3 is 14.3 Å². The molecule has 5 nitrogen and oxygen atoms in total. The van der Waals surface area contributed by atoms with E-state index in [2.05, 4.69) is 5.16 Å². The molecule has 0 spiro atoms. The van der Waals surface area contributed by atoms with Gasteiger partial charge in [-0.1, -0.05) is 28.9 Å². The number of benzene rings is 2. The minimum absolute atomic E-state index is 0.172. The molecule has 0 aliphatic heterocycles. The van der Waals surface area contributed by atoms with Crippen LogP contribution in [0.3, 0.4) is 0 Å². The number of methoxy groups -OCH3 is 1. The molecule has 0 saturated carbocycles. The summed E-state index contributed by atoms with van der Waals surface area (Å²) >= 11 is 7.59. The maximum absolute atomic E-state index is 12.2. The van der Waals surface area contributed by atoms with Gasteiger partial charge in [-0.25, -0.2) is 0 Å². The Kier molecular flexibility index (Phi) is 7.49. The summed E-state index contributed by atoms with van der Waals surface area (Å²) in [4.78, 5) is 19.1. The summed E-state index contributed by atoms with van der Waals surface area (Å²) in [6.45, 7) is 2.14. The number of carbonyl (C=O) groups excluding carboxylic acids is 1. The lowest BCUT2D eigenvalue weighted by molar-refractivity contribution is -0.142. The second-order valence-electron chi connectivity index (χ2n) is 6.30.